The van der Waals surface area contributed by atoms with Crippen molar-refractivity contribution in [2.75, 3.05) is 0 Å². The minimum atomic E-state index is -0.223. The van der Waals surface area contributed by atoms with E-state index in [0.717, 1.165) is 22.2 Å². The Morgan fingerprint density at radius 2 is 2.11 bits per heavy atom. The number of nitrogens with zero attached hydrogens (tertiary/aromatic N) is 1. The molecule has 0 radical (unpaired) electrons. The van der Waals surface area contributed by atoms with Crippen molar-refractivity contribution in [3.8, 4) is 5.75 Å². The first kappa shape index (κ1) is 13.0. The molecule has 18 heavy (non-hydrogen) atoms. The molecule has 0 amide bonds. The van der Waals surface area contributed by atoms with E-state index in [9.17, 15) is 4.39 Å². The molecule has 2 aromatic rings. The van der Waals surface area contributed by atoms with E-state index >= 15 is 0 Å². The number of alkyl halides is 1. The van der Waals surface area contributed by atoms with Crippen LogP contribution in [0.1, 0.15) is 16.8 Å². The molecule has 2 rings (SSSR count). The highest BCUT2D eigenvalue weighted by atomic mass is 79.9. The molecule has 0 spiro atoms. The van der Waals surface area contributed by atoms with Crippen LogP contribution in [0.4, 0.5) is 4.39 Å². The summed E-state index contributed by atoms with van der Waals surface area (Å²) in [5.41, 5.74) is 2.82. The summed E-state index contributed by atoms with van der Waals surface area (Å²) in [6, 6.07) is 8.47. The first-order valence-electron chi connectivity index (χ1n) is 5.58. The lowest BCUT2D eigenvalue weighted by atomic mass is 10.1. The maximum atomic E-state index is 12.9. The van der Waals surface area contributed by atoms with Gasteiger partial charge in [-0.3, -0.25) is 4.98 Å². The lowest BCUT2D eigenvalue weighted by Gasteiger charge is -2.08. The van der Waals surface area contributed by atoms with E-state index in [1.54, 1.807) is 12.3 Å². The van der Waals surface area contributed by atoms with Gasteiger partial charge in [-0.15, -0.1) is 0 Å². The summed E-state index contributed by atoms with van der Waals surface area (Å²) >= 11 is 3.34. The van der Waals surface area contributed by atoms with Crippen molar-refractivity contribution in [1.82, 2.24) is 4.98 Å². The molecule has 0 aliphatic heterocycles. The average molecular weight is 310 g/mol. The Kier molecular flexibility index (Phi) is 4.31. The molecular weight excluding hydrogens is 297 g/mol. The van der Waals surface area contributed by atoms with Crippen LogP contribution < -0.4 is 4.74 Å². The number of hydrogen-bond donors (Lipinski definition) is 0. The van der Waals surface area contributed by atoms with E-state index in [2.05, 4.69) is 20.9 Å². The molecule has 0 N–H and O–H groups in total. The molecule has 0 aliphatic carbocycles. The number of pyridine rings is 1. The second-order valence-corrected chi connectivity index (χ2v) is 4.54. The second kappa shape index (κ2) is 5.96. The van der Waals surface area contributed by atoms with Gasteiger partial charge in [0.15, 0.2) is 0 Å². The molecule has 0 aliphatic rings. The van der Waals surface area contributed by atoms with E-state index in [4.69, 9.17) is 4.74 Å². The molecule has 0 bridgehead atoms. The van der Waals surface area contributed by atoms with Gasteiger partial charge in [-0.2, -0.15) is 0 Å². The van der Waals surface area contributed by atoms with Crippen LogP contribution in [0.2, 0.25) is 0 Å². The fourth-order valence-corrected chi connectivity index (χ4v) is 1.89. The van der Waals surface area contributed by atoms with Crippen molar-refractivity contribution in [3.63, 3.8) is 0 Å². The van der Waals surface area contributed by atoms with Gasteiger partial charge < -0.3 is 4.74 Å². The van der Waals surface area contributed by atoms with Crippen molar-refractivity contribution in [3.05, 3.63) is 59.2 Å². The van der Waals surface area contributed by atoms with E-state index in [0.29, 0.717) is 12.4 Å². The molecule has 2 nitrogen and oxygen atoms in total. The van der Waals surface area contributed by atoms with Crippen LogP contribution in [0, 0.1) is 12.7 Å². The highest BCUT2D eigenvalue weighted by molar-refractivity contribution is 9.08. The van der Waals surface area contributed by atoms with Gasteiger partial charge in [0.05, 0.1) is 11.9 Å². The topological polar surface area (TPSA) is 22.1 Å². The summed E-state index contributed by atoms with van der Waals surface area (Å²) in [6.07, 6.45) is 1.69. The van der Waals surface area contributed by atoms with E-state index in [-0.39, 0.29) is 5.82 Å². The summed E-state index contributed by atoms with van der Waals surface area (Å²) < 4.78 is 18.6. The predicted molar refractivity (Wildman–Crippen MR) is 72.3 cm³/mol. The van der Waals surface area contributed by atoms with Gasteiger partial charge in [-0.1, -0.05) is 22.0 Å². The minimum Gasteiger partial charge on any atom is -0.487 e. The smallest absolute Gasteiger partial charge is 0.138 e. The molecule has 1 aromatic carbocycles. The number of aromatic nitrogens is 1. The molecule has 0 atom stereocenters. The Morgan fingerprint density at radius 1 is 1.28 bits per heavy atom. The van der Waals surface area contributed by atoms with Gasteiger partial charge in [0.1, 0.15) is 18.2 Å². The molecule has 0 saturated carbocycles. The molecule has 1 heterocycles. The highest BCUT2D eigenvalue weighted by Crippen LogP contribution is 2.15. The number of hydrogen-bond acceptors (Lipinski definition) is 2. The van der Waals surface area contributed by atoms with Gasteiger partial charge in [-0.25, -0.2) is 4.39 Å². The summed E-state index contributed by atoms with van der Waals surface area (Å²) in [7, 11) is 0. The summed E-state index contributed by atoms with van der Waals surface area (Å²) in [5, 5.41) is 0.727. The molecule has 0 fully saturated rings. The van der Waals surface area contributed by atoms with Crippen LogP contribution >= 0.6 is 15.9 Å². The monoisotopic (exact) mass is 309 g/mol. The normalized spacial score (nSPS) is 10.4. The van der Waals surface area contributed by atoms with Gasteiger partial charge in [0.2, 0.25) is 0 Å². The summed E-state index contributed by atoms with van der Waals surface area (Å²) in [4.78, 5) is 4.21. The predicted octanol–water partition coefficient (Wildman–Crippen LogP) is 4.00. The molecule has 0 saturated heterocycles. The summed E-state index contributed by atoms with van der Waals surface area (Å²) in [6.45, 7) is 2.29. The SMILES string of the molecule is Cc1cc(F)ccc1COc1ccc(CBr)nc1. The highest BCUT2D eigenvalue weighted by Gasteiger charge is 2.02. The first-order chi connectivity index (χ1) is 8.69. The molecular formula is C14H13BrFNO. The van der Waals surface area contributed by atoms with Gasteiger partial charge in [0.25, 0.3) is 0 Å². The van der Waals surface area contributed by atoms with E-state index in [1.807, 2.05) is 19.1 Å². The van der Waals surface area contributed by atoms with Crippen molar-refractivity contribution in [1.29, 1.82) is 0 Å². The molecule has 94 valence electrons. The number of rotatable bonds is 4. The van der Waals surface area contributed by atoms with Gasteiger partial charge >= 0.3 is 0 Å². The van der Waals surface area contributed by atoms with Crippen LogP contribution in [0.25, 0.3) is 0 Å². The minimum absolute atomic E-state index is 0.223. The maximum Gasteiger partial charge on any atom is 0.138 e. The third kappa shape index (κ3) is 3.29. The number of benzene rings is 1. The molecule has 1 aromatic heterocycles. The van der Waals surface area contributed by atoms with Crippen LogP contribution in [-0.4, -0.2) is 4.98 Å². The van der Waals surface area contributed by atoms with Crippen molar-refractivity contribution >= 4 is 15.9 Å². The lowest BCUT2D eigenvalue weighted by molar-refractivity contribution is 0.304. The van der Waals surface area contributed by atoms with Crippen LogP contribution in [0.5, 0.6) is 5.75 Å². The summed E-state index contributed by atoms with van der Waals surface area (Å²) in [5.74, 6) is 0.489. The third-order valence-electron chi connectivity index (χ3n) is 2.63. The Bertz CT molecular complexity index is 528. The van der Waals surface area contributed by atoms with Crippen molar-refractivity contribution in [2.24, 2.45) is 0 Å². The van der Waals surface area contributed by atoms with E-state index < -0.39 is 0 Å². The second-order valence-electron chi connectivity index (χ2n) is 3.98. The molecule has 0 unspecified atom stereocenters. The first-order valence-corrected chi connectivity index (χ1v) is 6.70. The van der Waals surface area contributed by atoms with Crippen molar-refractivity contribution in [2.45, 2.75) is 18.9 Å². The van der Waals surface area contributed by atoms with E-state index in [1.165, 1.54) is 12.1 Å². The van der Waals surface area contributed by atoms with Gasteiger partial charge in [0, 0.05) is 5.33 Å². The average Bonchev–Trinajstić information content (AvgIpc) is 2.38. The zero-order valence-electron chi connectivity index (χ0n) is 9.99. The Hall–Kier alpha value is -1.42. The Morgan fingerprint density at radius 3 is 2.72 bits per heavy atom. The fraction of sp³-hybridized carbons (Fsp3) is 0.214. The maximum absolute atomic E-state index is 12.9. The number of halogens is 2. The zero-order valence-corrected chi connectivity index (χ0v) is 11.6. The third-order valence-corrected chi connectivity index (χ3v) is 3.21. The number of aryl methyl sites for hydroxylation is 1. The standard InChI is InChI=1S/C14H13BrFNO/c1-10-6-12(16)3-2-11(10)9-18-14-5-4-13(7-15)17-8-14/h2-6,8H,7,9H2,1H3. The number of ether oxygens (including phenoxy) is 1. The van der Waals surface area contributed by atoms with Crippen LogP contribution in [0.15, 0.2) is 36.5 Å². The molecule has 4 heteroatoms. The fourth-order valence-electron chi connectivity index (χ4n) is 1.56. The largest absolute Gasteiger partial charge is 0.487 e. The van der Waals surface area contributed by atoms with Crippen molar-refractivity contribution < 1.29 is 9.13 Å². The Balaban J connectivity index is 2.02. The lowest BCUT2D eigenvalue weighted by Crippen LogP contribution is -1.99. The Labute approximate surface area is 114 Å². The van der Waals surface area contributed by atoms with Crippen LogP contribution in [0.3, 0.4) is 0 Å². The van der Waals surface area contributed by atoms with Gasteiger partial charge in [-0.05, 0) is 42.3 Å². The van der Waals surface area contributed by atoms with Crippen LogP contribution in [-0.2, 0) is 11.9 Å². The zero-order chi connectivity index (χ0) is 13.0. The quantitative estimate of drug-likeness (QED) is 0.796.